The number of rotatable bonds is 7. The van der Waals surface area contributed by atoms with Gasteiger partial charge in [-0.2, -0.15) is 4.31 Å². The van der Waals surface area contributed by atoms with Crippen molar-refractivity contribution >= 4 is 37.5 Å². The normalized spacial score (nSPS) is 15.2. The number of carbonyl (C=O) groups is 1. The molecule has 0 atom stereocenters. The van der Waals surface area contributed by atoms with Gasteiger partial charge in [-0.3, -0.25) is 4.79 Å². The number of carbonyl (C=O) groups excluding carboxylic acids is 1. The molecule has 0 radical (unpaired) electrons. The number of amides is 1. The minimum atomic E-state index is -3.52. The maximum atomic E-state index is 12.7. The molecule has 1 aromatic carbocycles. The molecule has 0 aliphatic carbocycles. The quantitative estimate of drug-likeness (QED) is 0.582. The fourth-order valence-electron chi connectivity index (χ4n) is 3.54. The summed E-state index contributed by atoms with van der Waals surface area (Å²) in [6.07, 6.45) is 4.85. The summed E-state index contributed by atoms with van der Waals surface area (Å²) in [4.78, 5) is 17.3. The van der Waals surface area contributed by atoms with Gasteiger partial charge in [-0.1, -0.05) is 12.1 Å². The summed E-state index contributed by atoms with van der Waals surface area (Å²) in [6, 6.07) is 9.50. The van der Waals surface area contributed by atoms with E-state index in [1.165, 1.54) is 21.3 Å². The first-order chi connectivity index (χ1) is 13.9. The molecule has 1 saturated heterocycles. The largest absolute Gasteiger partial charge is 0.351 e. The van der Waals surface area contributed by atoms with E-state index in [0.717, 1.165) is 36.2 Å². The Morgan fingerprint density at radius 2 is 2.00 bits per heavy atom. The van der Waals surface area contributed by atoms with Gasteiger partial charge in [-0.15, -0.1) is 11.3 Å². The van der Waals surface area contributed by atoms with Crippen LogP contribution >= 0.6 is 11.3 Å². The van der Waals surface area contributed by atoms with Gasteiger partial charge in [0.05, 0.1) is 15.2 Å². The number of aromatic nitrogens is 2. The molecule has 4 rings (SSSR count). The third-order valence-electron chi connectivity index (χ3n) is 5.11. The number of sulfonamides is 1. The van der Waals surface area contributed by atoms with Crippen LogP contribution in [0.2, 0.25) is 0 Å². The molecule has 1 aliphatic heterocycles. The average Bonchev–Trinajstić information content (AvgIpc) is 3.43. The fraction of sp³-hybridized carbons (Fsp3) is 0.400. The lowest BCUT2D eigenvalue weighted by molar-refractivity contribution is 0.0945. The maximum absolute atomic E-state index is 12.7. The highest BCUT2D eigenvalue weighted by Crippen LogP contribution is 2.23. The Bertz CT molecular complexity index is 1090. The number of nitrogens with zero attached hydrogens (tertiary/aromatic N) is 3. The van der Waals surface area contributed by atoms with Crippen molar-refractivity contribution in [2.24, 2.45) is 7.05 Å². The van der Waals surface area contributed by atoms with Crippen LogP contribution in [0.1, 0.15) is 34.8 Å². The lowest BCUT2D eigenvalue weighted by Crippen LogP contribution is -2.27. The van der Waals surface area contributed by atoms with Gasteiger partial charge in [0.2, 0.25) is 10.0 Å². The van der Waals surface area contributed by atoms with Crippen molar-refractivity contribution in [3.8, 4) is 0 Å². The maximum Gasteiger partial charge on any atom is 0.267 e. The molecule has 3 heterocycles. The van der Waals surface area contributed by atoms with Crippen molar-refractivity contribution in [3.05, 3.63) is 47.2 Å². The second kappa shape index (κ2) is 8.25. The first kappa shape index (κ1) is 20.1. The molecule has 1 fully saturated rings. The highest BCUT2D eigenvalue weighted by atomic mass is 32.2. The van der Waals surface area contributed by atoms with Crippen molar-refractivity contribution in [2.75, 3.05) is 19.6 Å². The van der Waals surface area contributed by atoms with Crippen LogP contribution in [-0.2, 0) is 23.5 Å². The lowest BCUT2D eigenvalue weighted by atomic mass is 10.3. The second-order valence-corrected chi connectivity index (χ2v) is 10.3. The van der Waals surface area contributed by atoms with E-state index in [9.17, 15) is 13.2 Å². The molecular formula is C20H24N4O3S2. The molecule has 29 heavy (non-hydrogen) atoms. The van der Waals surface area contributed by atoms with Crippen LogP contribution in [0.3, 0.4) is 0 Å². The van der Waals surface area contributed by atoms with Gasteiger partial charge < -0.3 is 9.88 Å². The zero-order chi connectivity index (χ0) is 20.4. The minimum Gasteiger partial charge on any atom is -0.351 e. The molecule has 0 saturated carbocycles. The van der Waals surface area contributed by atoms with Crippen LogP contribution in [0.25, 0.3) is 10.2 Å². The van der Waals surface area contributed by atoms with E-state index in [2.05, 4.69) is 16.4 Å². The van der Waals surface area contributed by atoms with Gasteiger partial charge in [-0.25, -0.2) is 13.4 Å². The molecule has 2 aromatic heterocycles. The predicted molar refractivity (Wildman–Crippen MR) is 114 cm³/mol. The average molecular weight is 433 g/mol. The van der Waals surface area contributed by atoms with E-state index in [4.69, 9.17) is 0 Å². The standard InChI is InChI=1S/C20H24N4O3S2/c1-23-14-15(29(26,27)24-11-4-5-12-24)13-17(23)20(25)21-10-6-9-19-22-16-7-2-3-8-18(16)28-19/h2-3,7-8,13-14H,4-6,9-12H2,1H3,(H,21,25). The summed E-state index contributed by atoms with van der Waals surface area (Å²) in [5.74, 6) is -0.264. The minimum absolute atomic E-state index is 0.182. The van der Waals surface area contributed by atoms with E-state index in [0.29, 0.717) is 25.3 Å². The lowest BCUT2D eigenvalue weighted by Gasteiger charge is -2.13. The molecule has 0 bridgehead atoms. The van der Waals surface area contributed by atoms with Gasteiger partial charge in [-0.05, 0) is 37.5 Å². The Kier molecular flexibility index (Phi) is 5.71. The molecule has 154 valence electrons. The number of hydrogen-bond donors (Lipinski definition) is 1. The monoisotopic (exact) mass is 432 g/mol. The Morgan fingerprint density at radius 3 is 2.76 bits per heavy atom. The third-order valence-corrected chi connectivity index (χ3v) is 8.07. The number of aryl methyl sites for hydroxylation is 2. The molecule has 9 heteroatoms. The molecule has 1 aliphatic rings. The zero-order valence-electron chi connectivity index (χ0n) is 16.3. The van der Waals surface area contributed by atoms with E-state index < -0.39 is 10.0 Å². The number of para-hydroxylation sites is 1. The summed E-state index contributed by atoms with van der Waals surface area (Å²) in [6.45, 7) is 1.60. The van der Waals surface area contributed by atoms with E-state index in [1.54, 1.807) is 23.0 Å². The Balaban J connectivity index is 1.34. The molecule has 0 spiro atoms. The van der Waals surface area contributed by atoms with Crippen LogP contribution in [0.15, 0.2) is 41.4 Å². The summed E-state index contributed by atoms with van der Waals surface area (Å²) in [7, 11) is -1.83. The Hall–Kier alpha value is -2.23. The van der Waals surface area contributed by atoms with Crippen molar-refractivity contribution in [1.82, 2.24) is 19.2 Å². The second-order valence-electron chi connectivity index (χ2n) is 7.22. The SMILES string of the molecule is Cn1cc(S(=O)(=O)N2CCCC2)cc1C(=O)NCCCc1nc2ccccc2s1. The number of thiazole rings is 1. The number of benzene rings is 1. The number of hydrogen-bond acceptors (Lipinski definition) is 5. The van der Waals surface area contributed by atoms with Gasteiger partial charge in [0, 0.05) is 39.3 Å². The van der Waals surface area contributed by atoms with E-state index in [1.807, 2.05) is 18.2 Å². The molecule has 3 aromatic rings. The summed E-state index contributed by atoms with van der Waals surface area (Å²) >= 11 is 1.67. The highest BCUT2D eigenvalue weighted by molar-refractivity contribution is 7.89. The summed E-state index contributed by atoms with van der Waals surface area (Å²) in [5.41, 5.74) is 1.36. The van der Waals surface area contributed by atoms with E-state index in [-0.39, 0.29) is 10.8 Å². The summed E-state index contributed by atoms with van der Waals surface area (Å²) in [5, 5.41) is 3.94. The molecule has 1 amide bonds. The van der Waals surface area contributed by atoms with E-state index >= 15 is 0 Å². The first-order valence-corrected chi connectivity index (χ1v) is 12.0. The van der Waals surface area contributed by atoms with Gasteiger partial charge >= 0.3 is 0 Å². The van der Waals surface area contributed by atoms with Gasteiger partial charge in [0.25, 0.3) is 5.91 Å². The van der Waals surface area contributed by atoms with Gasteiger partial charge in [0.1, 0.15) is 10.6 Å². The smallest absolute Gasteiger partial charge is 0.267 e. The molecule has 0 unspecified atom stereocenters. The highest BCUT2D eigenvalue weighted by Gasteiger charge is 2.29. The van der Waals surface area contributed by atoms with Crippen LogP contribution in [0.4, 0.5) is 0 Å². The van der Waals surface area contributed by atoms with Crippen molar-refractivity contribution in [1.29, 1.82) is 0 Å². The number of fused-ring (bicyclic) bond motifs is 1. The van der Waals surface area contributed by atoms with Crippen LogP contribution in [0, 0.1) is 0 Å². The van der Waals surface area contributed by atoms with Gasteiger partial charge in [0.15, 0.2) is 0 Å². The summed E-state index contributed by atoms with van der Waals surface area (Å²) < 4.78 is 29.6. The first-order valence-electron chi connectivity index (χ1n) is 9.74. The van der Waals surface area contributed by atoms with Crippen LogP contribution in [0.5, 0.6) is 0 Å². The van der Waals surface area contributed by atoms with Crippen molar-refractivity contribution < 1.29 is 13.2 Å². The van der Waals surface area contributed by atoms with Crippen molar-refractivity contribution in [3.63, 3.8) is 0 Å². The van der Waals surface area contributed by atoms with Crippen LogP contribution < -0.4 is 5.32 Å². The number of nitrogens with one attached hydrogen (secondary N) is 1. The van der Waals surface area contributed by atoms with Crippen molar-refractivity contribution in [2.45, 2.75) is 30.6 Å². The molecular weight excluding hydrogens is 408 g/mol. The predicted octanol–water partition coefficient (Wildman–Crippen LogP) is 2.78. The fourth-order valence-corrected chi connectivity index (χ4v) is 6.14. The molecule has 7 nitrogen and oxygen atoms in total. The Morgan fingerprint density at radius 1 is 1.24 bits per heavy atom. The topological polar surface area (TPSA) is 84.3 Å². The van der Waals surface area contributed by atoms with Crippen LogP contribution in [-0.4, -0.2) is 47.8 Å². The zero-order valence-corrected chi connectivity index (χ0v) is 17.9. The third kappa shape index (κ3) is 4.22. The molecule has 1 N–H and O–H groups in total. The Labute approximate surface area is 174 Å².